The number of nitrogens with zero attached hydrogens (tertiary/aromatic N) is 2. The average molecular weight is 378 g/mol. The SMILES string of the molecule is COc1cccc(OC)c1CN1CCC(CCC(=O)NCCN(C)C)CC1. The maximum Gasteiger partial charge on any atom is 0.220 e. The van der Waals surface area contributed by atoms with Gasteiger partial charge in [0.1, 0.15) is 11.5 Å². The summed E-state index contributed by atoms with van der Waals surface area (Å²) in [5, 5.41) is 3.00. The first-order valence-electron chi connectivity index (χ1n) is 9.87. The quantitative estimate of drug-likeness (QED) is 0.678. The molecule has 1 aromatic rings. The van der Waals surface area contributed by atoms with Crippen molar-refractivity contribution < 1.29 is 14.3 Å². The van der Waals surface area contributed by atoms with Crippen molar-refractivity contribution in [2.24, 2.45) is 5.92 Å². The van der Waals surface area contributed by atoms with Gasteiger partial charge in [-0.15, -0.1) is 0 Å². The highest BCUT2D eigenvalue weighted by molar-refractivity contribution is 5.75. The van der Waals surface area contributed by atoms with Crippen LogP contribution in [-0.2, 0) is 11.3 Å². The summed E-state index contributed by atoms with van der Waals surface area (Å²) < 4.78 is 11.0. The van der Waals surface area contributed by atoms with Crippen molar-refractivity contribution in [1.29, 1.82) is 0 Å². The Bertz CT molecular complexity index is 562. The van der Waals surface area contributed by atoms with Crippen molar-refractivity contribution in [1.82, 2.24) is 15.1 Å². The van der Waals surface area contributed by atoms with Gasteiger partial charge < -0.3 is 19.7 Å². The molecule has 6 nitrogen and oxygen atoms in total. The standard InChI is InChI=1S/C21H35N3O3/c1-23(2)15-12-22-21(25)9-8-17-10-13-24(14-11-17)16-18-19(26-3)6-5-7-20(18)27-4/h5-7,17H,8-16H2,1-4H3,(H,22,25). The number of carbonyl (C=O) groups excluding carboxylic acids is 1. The molecule has 0 aliphatic carbocycles. The Kier molecular flexibility index (Phi) is 8.88. The molecule has 0 saturated carbocycles. The Hall–Kier alpha value is -1.79. The van der Waals surface area contributed by atoms with E-state index >= 15 is 0 Å². The number of nitrogens with one attached hydrogen (secondary N) is 1. The summed E-state index contributed by atoms with van der Waals surface area (Å²) in [4.78, 5) is 16.5. The number of amides is 1. The molecule has 0 radical (unpaired) electrons. The summed E-state index contributed by atoms with van der Waals surface area (Å²) >= 11 is 0. The molecule has 1 aliphatic heterocycles. The normalized spacial score (nSPS) is 15.7. The van der Waals surface area contributed by atoms with Crippen molar-refractivity contribution in [3.05, 3.63) is 23.8 Å². The first kappa shape index (κ1) is 21.5. The molecule has 1 fully saturated rings. The molecular formula is C21H35N3O3. The highest BCUT2D eigenvalue weighted by Gasteiger charge is 2.22. The van der Waals surface area contributed by atoms with Crippen LogP contribution in [0, 0.1) is 5.92 Å². The molecule has 0 aromatic heterocycles. The number of piperidine rings is 1. The summed E-state index contributed by atoms with van der Waals surface area (Å²) in [5.74, 6) is 2.58. The average Bonchev–Trinajstić information content (AvgIpc) is 2.67. The maximum absolute atomic E-state index is 11.9. The number of benzene rings is 1. The van der Waals surface area contributed by atoms with Crippen LogP contribution in [-0.4, -0.2) is 70.2 Å². The van der Waals surface area contributed by atoms with Gasteiger partial charge in [-0.3, -0.25) is 9.69 Å². The Morgan fingerprint density at radius 1 is 1.19 bits per heavy atom. The minimum absolute atomic E-state index is 0.179. The molecule has 0 unspecified atom stereocenters. The topological polar surface area (TPSA) is 54.0 Å². The number of hydrogen-bond acceptors (Lipinski definition) is 5. The zero-order valence-electron chi connectivity index (χ0n) is 17.3. The Balaban J connectivity index is 1.74. The van der Waals surface area contributed by atoms with E-state index in [-0.39, 0.29) is 5.91 Å². The predicted molar refractivity (Wildman–Crippen MR) is 108 cm³/mol. The molecule has 1 heterocycles. The van der Waals surface area contributed by atoms with Gasteiger partial charge >= 0.3 is 0 Å². The highest BCUT2D eigenvalue weighted by Crippen LogP contribution is 2.31. The lowest BCUT2D eigenvalue weighted by Crippen LogP contribution is -2.34. The fourth-order valence-corrected chi connectivity index (χ4v) is 3.58. The van der Waals surface area contributed by atoms with Crippen molar-refractivity contribution in [3.63, 3.8) is 0 Å². The molecule has 0 bridgehead atoms. The minimum Gasteiger partial charge on any atom is -0.496 e. The van der Waals surface area contributed by atoms with E-state index in [0.29, 0.717) is 12.3 Å². The Labute approximate surface area is 163 Å². The summed E-state index contributed by atoms with van der Waals surface area (Å²) in [6, 6.07) is 5.93. The maximum atomic E-state index is 11.9. The van der Waals surface area contributed by atoms with Gasteiger partial charge in [-0.2, -0.15) is 0 Å². The number of rotatable bonds is 10. The summed E-state index contributed by atoms with van der Waals surface area (Å²) in [6.45, 7) is 4.55. The third kappa shape index (κ3) is 7.03. The zero-order valence-corrected chi connectivity index (χ0v) is 17.3. The van der Waals surface area contributed by atoms with Crippen LogP contribution in [0.25, 0.3) is 0 Å². The third-order valence-electron chi connectivity index (χ3n) is 5.28. The Morgan fingerprint density at radius 3 is 2.37 bits per heavy atom. The molecule has 0 spiro atoms. The summed E-state index contributed by atoms with van der Waals surface area (Å²) in [7, 11) is 7.43. The van der Waals surface area contributed by atoms with Crippen LogP contribution >= 0.6 is 0 Å². The largest absolute Gasteiger partial charge is 0.496 e. The first-order valence-corrected chi connectivity index (χ1v) is 9.87. The van der Waals surface area contributed by atoms with Crippen LogP contribution in [0.1, 0.15) is 31.2 Å². The molecule has 6 heteroatoms. The van der Waals surface area contributed by atoms with Gasteiger partial charge in [0.15, 0.2) is 0 Å². The van der Waals surface area contributed by atoms with Gasteiger partial charge in [0.25, 0.3) is 0 Å². The summed E-state index contributed by atoms with van der Waals surface area (Å²) in [6.07, 6.45) is 3.91. The predicted octanol–water partition coefficient (Wildman–Crippen LogP) is 2.37. The number of likely N-dealkylation sites (tertiary alicyclic amines) is 1. The molecule has 1 aromatic carbocycles. The smallest absolute Gasteiger partial charge is 0.220 e. The van der Waals surface area contributed by atoms with Crippen LogP contribution in [0.15, 0.2) is 18.2 Å². The second-order valence-electron chi connectivity index (χ2n) is 7.55. The van der Waals surface area contributed by atoms with E-state index in [2.05, 4.69) is 15.1 Å². The lowest BCUT2D eigenvalue weighted by atomic mass is 9.91. The van der Waals surface area contributed by atoms with E-state index in [1.165, 1.54) is 0 Å². The number of hydrogen-bond donors (Lipinski definition) is 1. The first-order chi connectivity index (χ1) is 13.0. The molecule has 152 valence electrons. The fourth-order valence-electron chi connectivity index (χ4n) is 3.58. The number of ether oxygens (including phenoxy) is 2. The van der Waals surface area contributed by atoms with E-state index in [0.717, 1.165) is 69.0 Å². The van der Waals surface area contributed by atoms with E-state index in [1.54, 1.807) is 14.2 Å². The van der Waals surface area contributed by atoms with Gasteiger partial charge in [-0.05, 0) is 64.5 Å². The molecule has 27 heavy (non-hydrogen) atoms. The van der Waals surface area contributed by atoms with Gasteiger partial charge in [-0.25, -0.2) is 0 Å². The monoisotopic (exact) mass is 377 g/mol. The number of carbonyl (C=O) groups is 1. The summed E-state index contributed by atoms with van der Waals surface area (Å²) in [5.41, 5.74) is 1.11. The Morgan fingerprint density at radius 2 is 1.81 bits per heavy atom. The van der Waals surface area contributed by atoms with E-state index in [9.17, 15) is 4.79 Å². The van der Waals surface area contributed by atoms with Crippen LogP contribution in [0.5, 0.6) is 11.5 Å². The van der Waals surface area contributed by atoms with E-state index < -0.39 is 0 Å². The third-order valence-corrected chi connectivity index (χ3v) is 5.28. The molecule has 2 rings (SSSR count). The van der Waals surface area contributed by atoms with E-state index in [4.69, 9.17) is 9.47 Å². The van der Waals surface area contributed by atoms with Crippen LogP contribution < -0.4 is 14.8 Å². The lowest BCUT2D eigenvalue weighted by Gasteiger charge is -2.32. The van der Waals surface area contributed by atoms with Crippen molar-refractivity contribution in [2.75, 3.05) is 54.5 Å². The van der Waals surface area contributed by atoms with Crippen molar-refractivity contribution in [3.8, 4) is 11.5 Å². The molecule has 1 amide bonds. The second-order valence-corrected chi connectivity index (χ2v) is 7.55. The lowest BCUT2D eigenvalue weighted by molar-refractivity contribution is -0.121. The zero-order chi connectivity index (χ0) is 19.6. The fraction of sp³-hybridized carbons (Fsp3) is 0.667. The molecule has 1 saturated heterocycles. The number of likely N-dealkylation sites (N-methyl/N-ethyl adjacent to an activating group) is 1. The number of methoxy groups -OCH3 is 2. The molecule has 0 atom stereocenters. The van der Waals surface area contributed by atoms with Crippen LogP contribution in [0.4, 0.5) is 0 Å². The van der Waals surface area contributed by atoms with E-state index in [1.807, 2.05) is 32.3 Å². The van der Waals surface area contributed by atoms with Crippen molar-refractivity contribution in [2.45, 2.75) is 32.2 Å². The second kappa shape index (κ2) is 11.1. The van der Waals surface area contributed by atoms with Crippen LogP contribution in [0.3, 0.4) is 0 Å². The highest BCUT2D eigenvalue weighted by atomic mass is 16.5. The van der Waals surface area contributed by atoms with Crippen molar-refractivity contribution >= 4 is 5.91 Å². The molecule has 1 aliphatic rings. The van der Waals surface area contributed by atoms with Gasteiger partial charge in [0.05, 0.1) is 19.8 Å². The van der Waals surface area contributed by atoms with Gasteiger partial charge in [0, 0.05) is 26.1 Å². The molecular weight excluding hydrogens is 342 g/mol. The van der Waals surface area contributed by atoms with Gasteiger partial charge in [-0.1, -0.05) is 6.07 Å². The molecule has 1 N–H and O–H groups in total. The van der Waals surface area contributed by atoms with Crippen LogP contribution in [0.2, 0.25) is 0 Å². The minimum atomic E-state index is 0.179. The van der Waals surface area contributed by atoms with Gasteiger partial charge in [0.2, 0.25) is 5.91 Å².